The van der Waals surface area contributed by atoms with Crippen LogP contribution in [-0.2, 0) is 52.0 Å². The molecule has 0 bridgehead atoms. The smallest absolute Gasteiger partial charge is 0.463 e. The number of carbonyl (C=O) groups is 4. The highest BCUT2D eigenvalue weighted by Crippen LogP contribution is 2.42. The number of halogens is 1. The molecule has 0 aromatic carbocycles. The van der Waals surface area contributed by atoms with Gasteiger partial charge in [0.2, 0.25) is 6.29 Å². The van der Waals surface area contributed by atoms with Gasteiger partial charge in [-0.05, 0) is 19.6 Å². The molecule has 0 spiro atoms. The molecule has 6 atom stereocenters. The van der Waals surface area contributed by atoms with Crippen molar-refractivity contribution < 1.29 is 66.1 Å². The molecule has 1 aliphatic heterocycles. The Bertz CT molecular complexity index is 798. The third-order valence-corrected chi connectivity index (χ3v) is 5.30. The number of phosphoric ester groups is 1. The van der Waals surface area contributed by atoms with Gasteiger partial charge in [0.25, 0.3) is 0 Å². The van der Waals surface area contributed by atoms with Crippen molar-refractivity contribution in [1.29, 1.82) is 0 Å². The number of hydrogen-bond donors (Lipinski definition) is 2. The second-order valence-electron chi connectivity index (χ2n) is 7.73. The first-order valence-corrected chi connectivity index (χ1v) is 13.0. The largest absolute Gasteiger partial charge is 0.472 e. The fourth-order valence-electron chi connectivity index (χ4n) is 3.28. The van der Waals surface area contributed by atoms with Crippen molar-refractivity contribution in [2.24, 2.45) is 0 Å². The Hall–Kier alpha value is -2.16. The van der Waals surface area contributed by atoms with E-state index in [0.29, 0.717) is 0 Å². The van der Waals surface area contributed by atoms with Gasteiger partial charge in [-0.25, -0.2) is 8.96 Å². The molecule has 0 saturated carbocycles. The Morgan fingerprint density at radius 3 is 1.62 bits per heavy atom. The quantitative estimate of drug-likeness (QED) is 0.206. The van der Waals surface area contributed by atoms with E-state index in [1.807, 2.05) is 0 Å². The molecular formula is C21H37FNO13P. The number of alkyl halides is 1. The van der Waals surface area contributed by atoms with Gasteiger partial charge < -0.3 is 38.4 Å². The van der Waals surface area contributed by atoms with Crippen LogP contribution in [0.4, 0.5) is 4.39 Å². The number of carbonyl (C=O) groups excluding carboxylic acids is 4. The fraction of sp³-hybridized carbons (Fsp3) is 0.810. The molecule has 1 aliphatic rings. The zero-order chi connectivity index (χ0) is 28.9. The molecule has 216 valence electrons. The molecule has 37 heavy (non-hydrogen) atoms. The van der Waals surface area contributed by atoms with Crippen molar-refractivity contribution in [3.63, 3.8) is 0 Å². The minimum atomic E-state index is -5.28. The molecule has 0 aromatic heterocycles. The highest BCUT2D eigenvalue weighted by molar-refractivity contribution is 7.46. The average Bonchev–Trinajstić information content (AvgIpc) is 2.75. The first kappa shape index (κ1) is 34.8. The third-order valence-electron chi connectivity index (χ3n) is 4.82. The van der Waals surface area contributed by atoms with Crippen LogP contribution < -0.4 is 0 Å². The van der Waals surface area contributed by atoms with E-state index in [4.69, 9.17) is 28.7 Å². The van der Waals surface area contributed by atoms with Gasteiger partial charge in [0, 0.05) is 27.7 Å². The summed E-state index contributed by atoms with van der Waals surface area (Å²) in [6, 6.07) is 0. The predicted molar refractivity (Wildman–Crippen MR) is 123 cm³/mol. The van der Waals surface area contributed by atoms with Crippen LogP contribution in [0.3, 0.4) is 0 Å². The maximum atomic E-state index is 14.8. The van der Waals surface area contributed by atoms with E-state index in [-0.39, 0.29) is 0 Å². The van der Waals surface area contributed by atoms with Crippen LogP contribution in [0, 0.1) is 0 Å². The van der Waals surface area contributed by atoms with Gasteiger partial charge in [0.05, 0.1) is 0 Å². The van der Waals surface area contributed by atoms with Crippen molar-refractivity contribution >= 4 is 31.7 Å². The van der Waals surface area contributed by atoms with E-state index in [1.54, 1.807) is 0 Å². The van der Waals surface area contributed by atoms with E-state index in [2.05, 4.69) is 34.9 Å². The molecule has 1 heterocycles. The summed E-state index contributed by atoms with van der Waals surface area (Å²) in [6.45, 7) is 13.0. The summed E-state index contributed by atoms with van der Waals surface area (Å²) in [5, 5.41) is 0. The van der Waals surface area contributed by atoms with Crippen LogP contribution in [0.5, 0.6) is 0 Å². The molecule has 0 aliphatic carbocycles. The Balaban J connectivity index is 0.00000161. The van der Waals surface area contributed by atoms with E-state index < -0.39 is 75.2 Å². The summed E-state index contributed by atoms with van der Waals surface area (Å²) in [4.78, 5) is 66.1. The number of phosphoric acid groups is 1. The minimum Gasteiger partial charge on any atom is -0.463 e. The molecule has 2 N–H and O–H groups in total. The highest BCUT2D eigenvalue weighted by atomic mass is 31.2. The first-order valence-electron chi connectivity index (χ1n) is 11.5. The molecule has 1 saturated heterocycles. The zero-order valence-electron chi connectivity index (χ0n) is 22.0. The lowest BCUT2D eigenvalue weighted by atomic mass is 9.95. The summed E-state index contributed by atoms with van der Waals surface area (Å²) < 4.78 is 55.0. The van der Waals surface area contributed by atoms with E-state index in [9.17, 15) is 28.1 Å². The number of hydrogen-bond acceptors (Lipinski definition) is 12. The number of ether oxygens (including phenoxy) is 5. The molecular weight excluding hydrogens is 524 g/mol. The molecule has 1 fully saturated rings. The molecule has 0 aromatic rings. The lowest BCUT2D eigenvalue weighted by molar-refractivity contribution is -0.296. The molecule has 16 heteroatoms. The van der Waals surface area contributed by atoms with Crippen molar-refractivity contribution in [2.75, 3.05) is 26.2 Å². The van der Waals surface area contributed by atoms with Crippen LogP contribution in [0.15, 0.2) is 0 Å². The van der Waals surface area contributed by atoms with Gasteiger partial charge in [0.1, 0.15) is 12.7 Å². The normalized spacial score (nSPS) is 24.2. The Morgan fingerprint density at radius 2 is 1.27 bits per heavy atom. The Kier molecular flexibility index (Phi) is 15.7. The second-order valence-corrected chi connectivity index (χ2v) is 8.92. The van der Waals surface area contributed by atoms with Gasteiger partial charge in [-0.15, -0.1) is 0 Å². The summed E-state index contributed by atoms with van der Waals surface area (Å²) in [7, 11) is -5.28. The van der Waals surface area contributed by atoms with Crippen LogP contribution in [0.2, 0.25) is 0 Å². The standard InChI is InChI=1S/C15H22FO13P.C6H15N/c1-6(17)24-5-10(16)11-12(25-7(2)18)13(26-8(3)19)14(27-9(4)20)15(28-11)29-30(21,22)23;1-4-7(5-2)6-3/h10-15H,5H2,1-4H3,(H2,21,22,23);4-6H2,1-3H3/t10?,11-,12-,13+,14+,15+;/m1./s1. The van der Waals surface area contributed by atoms with Crippen LogP contribution in [0.25, 0.3) is 0 Å². The third kappa shape index (κ3) is 13.8. The number of nitrogens with zero attached hydrogens (tertiary/aromatic N) is 1. The lowest BCUT2D eigenvalue weighted by Gasteiger charge is -2.44. The van der Waals surface area contributed by atoms with Crippen molar-refractivity contribution in [3.8, 4) is 0 Å². The molecule has 14 nitrogen and oxygen atoms in total. The lowest BCUT2D eigenvalue weighted by Crippen LogP contribution is -2.64. The summed E-state index contributed by atoms with van der Waals surface area (Å²) >= 11 is 0. The van der Waals surface area contributed by atoms with Crippen LogP contribution in [-0.4, -0.2) is 102 Å². The maximum Gasteiger partial charge on any atom is 0.472 e. The fourth-order valence-corrected chi connectivity index (χ4v) is 3.72. The molecule has 1 rings (SSSR count). The van der Waals surface area contributed by atoms with E-state index >= 15 is 0 Å². The second kappa shape index (κ2) is 16.6. The number of esters is 4. The maximum absolute atomic E-state index is 14.8. The zero-order valence-corrected chi connectivity index (χ0v) is 22.8. The van der Waals surface area contributed by atoms with Crippen LogP contribution >= 0.6 is 7.82 Å². The SMILES string of the molecule is CC(=O)OCC(F)[C@H]1O[C@@H](OP(=O)(O)O)[C@@H](OC(C)=O)[C@@H](OC(C)=O)[C@@H]1OC(C)=O.CCN(CC)CC. The van der Waals surface area contributed by atoms with Gasteiger partial charge in [-0.1, -0.05) is 20.8 Å². The van der Waals surface area contributed by atoms with Gasteiger partial charge in [-0.3, -0.25) is 23.7 Å². The highest BCUT2D eigenvalue weighted by Gasteiger charge is 2.56. The van der Waals surface area contributed by atoms with E-state index in [0.717, 1.165) is 27.7 Å². The molecule has 0 amide bonds. The van der Waals surface area contributed by atoms with Crippen molar-refractivity contribution in [3.05, 3.63) is 0 Å². The number of rotatable bonds is 11. The van der Waals surface area contributed by atoms with E-state index in [1.165, 1.54) is 19.6 Å². The molecule has 0 radical (unpaired) electrons. The van der Waals surface area contributed by atoms with Crippen molar-refractivity contribution in [2.45, 2.75) is 85.3 Å². The summed E-state index contributed by atoms with van der Waals surface area (Å²) in [5.41, 5.74) is 0. The average molecular weight is 561 g/mol. The minimum absolute atomic E-state index is 0.852. The van der Waals surface area contributed by atoms with Gasteiger partial charge in [-0.2, -0.15) is 0 Å². The Morgan fingerprint density at radius 1 is 0.838 bits per heavy atom. The Labute approximate surface area is 214 Å². The van der Waals surface area contributed by atoms with Crippen LogP contribution in [0.1, 0.15) is 48.5 Å². The topological polar surface area (TPSA) is 184 Å². The molecule has 1 unspecified atom stereocenters. The summed E-state index contributed by atoms with van der Waals surface area (Å²) in [5.74, 6) is -3.81. The monoisotopic (exact) mass is 561 g/mol. The van der Waals surface area contributed by atoms with Gasteiger partial charge >= 0.3 is 31.7 Å². The first-order chi connectivity index (χ1) is 17.1. The van der Waals surface area contributed by atoms with Crippen molar-refractivity contribution in [1.82, 2.24) is 4.90 Å². The van der Waals surface area contributed by atoms with Gasteiger partial charge in [0.15, 0.2) is 24.5 Å². The summed E-state index contributed by atoms with van der Waals surface area (Å²) in [6.07, 6.45) is -11.6. The predicted octanol–water partition coefficient (Wildman–Crippen LogP) is 0.865.